The highest BCUT2D eigenvalue weighted by Gasteiger charge is 2.09. The fourth-order valence-corrected chi connectivity index (χ4v) is 2.17. The van der Waals surface area contributed by atoms with Gasteiger partial charge in [-0.25, -0.2) is 4.79 Å². The molecule has 0 aliphatic heterocycles. The first-order valence-electron chi connectivity index (χ1n) is 6.43. The predicted octanol–water partition coefficient (Wildman–Crippen LogP) is 3.91. The van der Waals surface area contributed by atoms with Crippen LogP contribution in [0.4, 0.5) is 5.69 Å². The SMILES string of the molecule is Nc1cc(Oc2ccc3ccccc3c2)ccc1C(=O)O. The lowest BCUT2D eigenvalue weighted by molar-refractivity contribution is 0.0698. The summed E-state index contributed by atoms with van der Waals surface area (Å²) in [6.45, 7) is 0. The Kier molecular flexibility index (Phi) is 3.20. The van der Waals surface area contributed by atoms with Gasteiger partial charge in [-0.1, -0.05) is 30.3 Å². The van der Waals surface area contributed by atoms with Gasteiger partial charge in [0.25, 0.3) is 0 Å². The summed E-state index contributed by atoms with van der Waals surface area (Å²) in [6, 6.07) is 18.3. The van der Waals surface area contributed by atoms with E-state index < -0.39 is 5.97 Å². The van der Waals surface area contributed by atoms with Gasteiger partial charge >= 0.3 is 5.97 Å². The van der Waals surface area contributed by atoms with Gasteiger partial charge in [-0.05, 0) is 35.0 Å². The molecule has 21 heavy (non-hydrogen) atoms. The van der Waals surface area contributed by atoms with E-state index >= 15 is 0 Å². The van der Waals surface area contributed by atoms with E-state index in [1.54, 1.807) is 6.07 Å². The zero-order valence-electron chi connectivity index (χ0n) is 11.1. The third kappa shape index (κ3) is 2.65. The number of carboxylic acids is 1. The van der Waals surface area contributed by atoms with Crippen molar-refractivity contribution in [3.05, 3.63) is 66.2 Å². The van der Waals surface area contributed by atoms with Gasteiger partial charge in [-0.2, -0.15) is 0 Å². The third-order valence-corrected chi connectivity index (χ3v) is 3.21. The molecule has 3 aromatic rings. The second-order valence-corrected chi connectivity index (χ2v) is 4.67. The van der Waals surface area contributed by atoms with E-state index in [9.17, 15) is 4.79 Å². The number of carboxylic acid groups (broad SMARTS) is 1. The highest BCUT2D eigenvalue weighted by molar-refractivity contribution is 5.93. The largest absolute Gasteiger partial charge is 0.478 e. The number of rotatable bonds is 3. The number of aromatic carboxylic acids is 1. The molecule has 0 saturated heterocycles. The smallest absolute Gasteiger partial charge is 0.337 e. The van der Waals surface area contributed by atoms with Crippen LogP contribution in [-0.2, 0) is 0 Å². The van der Waals surface area contributed by atoms with Crippen LogP contribution in [0.25, 0.3) is 10.8 Å². The van der Waals surface area contributed by atoms with E-state index in [-0.39, 0.29) is 11.3 Å². The highest BCUT2D eigenvalue weighted by atomic mass is 16.5. The number of nitrogens with two attached hydrogens (primary N) is 1. The molecule has 3 N–H and O–H groups in total. The molecule has 3 aromatic carbocycles. The van der Waals surface area contributed by atoms with Gasteiger partial charge < -0.3 is 15.6 Å². The van der Waals surface area contributed by atoms with E-state index in [0.29, 0.717) is 11.5 Å². The average molecular weight is 279 g/mol. The van der Waals surface area contributed by atoms with Crippen LogP contribution in [0.5, 0.6) is 11.5 Å². The van der Waals surface area contributed by atoms with Crippen molar-refractivity contribution in [1.29, 1.82) is 0 Å². The van der Waals surface area contributed by atoms with Crippen molar-refractivity contribution in [2.45, 2.75) is 0 Å². The average Bonchev–Trinajstić information content (AvgIpc) is 2.47. The van der Waals surface area contributed by atoms with Gasteiger partial charge in [0.15, 0.2) is 0 Å². The zero-order valence-corrected chi connectivity index (χ0v) is 11.1. The number of hydrogen-bond donors (Lipinski definition) is 2. The van der Waals surface area contributed by atoms with E-state index in [2.05, 4.69) is 0 Å². The molecule has 0 spiro atoms. The van der Waals surface area contributed by atoms with Crippen LogP contribution in [0.3, 0.4) is 0 Å². The Morgan fingerprint density at radius 3 is 2.29 bits per heavy atom. The number of fused-ring (bicyclic) bond motifs is 1. The summed E-state index contributed by atoms with van der Waals surface area (Å²) in [5.41, 5.74) is 5.96. The summed E-state index contributed by atoms with van der Waals surface area (Å²) in [5, 5.41) is 11.1. The molecule has 0 aromatic heterocycles. The quantitative estimate of drug-likeness (QED) is 0.713. The molecule has 3 rings (SSSR count). The zero-order chi connectivity index (χ0) is 14.8. The molecule has 0 fully saturated rings. The first kappa shape index (κ1) is 13.0. The Morgan fingerprint density at radius 1 is 0.905 bits per heavy atom. The summed E-state index contributed by atoms with van der Waals surface area (Å²) < 4.78 is 5.73. The fraction of sp³-hybridized carbons (Fsp3) is 0. The molecule has 0 bridgehead atoms. The van der Waals surface area contributed by atoms with Crippen LogP contribution in [-0.4, -0.2) is 11.1 Å². The van der Waals surface area contributed by atoms with E-state index in [0.717, 1.165) is 10.8 Å². The molecule has 4 heteroatoms. The van der Waals surface area contributed by atoms with Gasteiger partial charge in [-0.15, -0.1) is 0 Å². The molecule has 104 valence electrons. The maximum atomic E-state index is 10.9. The second kappa shape index (κ2) is 5.17. The number of benzene rings is 3. The highest BCUT2D eigenvalue weighted by Crippen LogP contribution is 2.28. The summed E-state index contributed by atoms with van der Waals surface area (Å²) in [4.78, 5) is 10.9. The molecule has 0 atom stereocenters. The predicted molar refractivity (Wildman–Crippen MR) is 81.8 cm³/mol. The number of ether oxygens (including phenoxy) is 1. The lowest BCUT2D eigenvalue weighted by Crippen LogP contribution is -2.02. The van der Waals surface area contributed by atoms with E-state index in [4.69, 9.17) is 15.6 Å². The van der Waals surface area contributed by atoms with Crippen molar-refractivity contribution < 1.29 is 14.6 Å². The van der Waals surface area contributed by atoms with Gasteiger partial charge in [0.2, 0.25) is 0 Å². The van der Waals surface area contributed by atoms with Crippen LogP contribution < -0.4 is 10.5 Å². The number of carbonyl (C=O) groups is 1. The minimum Gasteiger partial charge on any atom is -0.478 e. The van der Waals surface area contributed by atoms with Gasteiger partial charge in [0, 0.05) is 11.8 Å². The topological polar surface area (TPSA) is 72.5 Å². The van der Waals surface area contributed by atoms with Crippen molar-refractivity contribution >= 4 is 22.4 Å². The lowest BCUT2D eigenvalue weighted by atomic mass is 10.1. The number of nitrogen functional groups attached to an aromatic ring is 1. The standard InChI is InChI=1S/C17H13NO3/c18-16-10-14(7-8-15(16)17(19)20)21-13-6-5-11-3-1-2-4-12(11)9-13/h1-10H,18H2,(H,19,20). The second-order valence-electron chi connectivity index (χ2n) is 4.67. The summed E-state index contributed by atoms with van der Waals surface area (Å²) in [7, 11) is 0. The van der Waals surface area contributed by atoms with Crippen molar-refractivity contribution in [3.63, 3.8) is 0 Å². The molecule has 0 unspecified atom stereocenters. The van der Waals surface area contributed by atoms with Crippen LogP contribution >= 0.6 is 0 Å². The Bertz CT molecular complexity index is 827. The van der Waals surface area contributed by atoms with Gasteiger partial charge in [0.1, 0.15) is 11.5 Å². The summed E-state index contributed by atoms with van der Waals surface area (Å²) in [5.74, 6) is 0.133. The Hall–Kier alpha value is -3.01. The third-order valence-electron chi connectivity index (χ3n) is 3.21. The molecule has 0 aliphatic rings. The number of hydrogen-bond acceptors (Lipinski definition) is 3. The van der Waals surface area contributed by atoms with Crippen molar-refractivity contribution in [2.75, 3.05) is 5.73 Å². The van der Waals surface area contributed by atoms with E-state index in [1.807, 2.05) is 42.5 Å². The van der Waals surface area contributed by atoms with Crippen LogP contribution in [0.2, 0.25) is 0 Å². The van der Waals surface area contributed by atoms with Crippen molar-refractivity contribution in [1.82, 2.24) is 0 Å². The van der Waals surface area contributed by atoms with Gasteiger partial charge in [0.05, 0.1) is 5.56 Å². The van der Waals surface area contributed by atoms with E-state index in [1.165, 1.54) is 12.1 Å². The normalized spacial score (nSPS) is 10.5. The maximum Gasteiger partial charge on any atom is 0.337 e. The van der Waals surface area contributed by atoms with Crippen LogP contribution in [0.15, 0.2) is 60.7 Å². The van der Waals surface area contributed by atoms with Crippen molar-refractivity contribution in [3.8, 4) is 11.5 Å². The first-order valence-corrected chi connectivity index (χ1v) is 6.43. The summed E-state index contributed by atoms with van der Waals surface area (Å²) in [6.07, 6.45) is 0. The molecule has 0 amide bonds. The molecular weight excluding hydrogens is 266 g/mol. The molecule has 0 aliphatic carbocycles. The Balaban J connectivity index is 1.91. The molecule has 0 heterocycles. The van der Waals surface area contributed by atoms with Crippen molar-refractivity contribution in [2.24, 2.45) is 0 Å². The number of anilines is 1. The Morgan fingerprint density at radius 2 is 1.57 bits per heavy atom. The molecule has 4 nitrogen and oxygen atoms in total. The fourth-order valence-electron chi connectivity index (χ4n) is 2.17. The summed E-state index contributed by atoms with van der Waals surface area (Å²) >= 11 is 0. The van der Waals surface area contributed by atoms with Crippen LogP contribution in [0, 0.1) is 0 Å². The molecule has 0 saturated carbocycles. The lowest BCUT2D eigenvalue weighted by Gasteiger charge is -2.08. The molecule has 0 radical (unpaired) electrons. The molecular formula is C17H13NO3. The minimum absolute atomic E-state index is 0.0702. The minimum atomic E-state index is -1.05. The van der Waals surface area contributed by atoms with Crippen LogP contribution in [0.1, 0.15) is 10.4 Å². The maximum absolute atomic E-state index is 10.9. The monoisotopic (exact) mass is 279 g/mol. The van der Waals surface area contributed by atoms with Gasteiger partial charge in [-0.3, -0.25) is 0 Å². The first-order chi connectivity index (χ1) is 10.1. The Labute approximate surface area is 121 Å².